The average Bonchev–Trinajstić information content (AvgIpc) is 0.811. The number of carbonyl (C=O) groups is 1. The fourth-order valence-electron chi connectivity index (χ4n) is 0. The number of ketones is 1. The Morgan fingerprint density at radius 1 is 1.80 bits per heavy atom. The Morgan fingerprint density at radius 2 is 1.80 bits per heavy atom. The van der Waals surface area contributed by atoms with Crippen molar-refractivity contribution in [1.82, 2.24) is 0 Å². The molecule has 0 aliphatic heterocycles. The van der Waals surface area contributed by atoms with Gasteiger partial charge in [-0.2, -0.15) is 0 Å². The predicted octanol–water partition coefficient (Wildman–Crippen LogP) is 0.407. The van der Waals surface area contributed by atoms with Crippen LogP contribution in [-0.2, 0) is 24.3 Å². The molecule has 0 spiro atoms. The molecule has 0 atom stereocenters. The number of hydrogen-bond acceptors (Lipinski definition) is 1. The maximum Gasteiger partial charge on any atom is 1.00 e. The minimum Gasteiger partial charge on any atom is -0.340 e. The zero-order valence-electron chi connectivity index (χ0n) is 2.97. The summed E-state index contributed by atoms with van der Waals surface area (Å²) in [6.45, 7) is 4.42. The maximum atomic E-state index is 9.33. The van der Waals surface area contributed by atoms with Crippen molar-refractivity contribution < 1.29 is 24.3 Å². The molecule has 0 bridgehead atoms. The molecule has 0 saturated carbocycles. The van der Waals surface area contributed by atoms with Crippen LogP contribution in [0.4, 0.5) is 0 Å². The Kier molecular flexibility index (Phi) is 7.45. The van der Waals surface area contributed by atoms with Gasteiger partial charge in [-0.05, 0) is 12.7 Å². The summed E-state index contributed by atoms with van der Waals surface area (Å²) in [4.78, 5) is 9.33. The van der Waals surface area contributed by atoms with Gasteiger partial charge in [-0.1, -0.05) is 0 Å². The molecule has 0 rings (SSSR count). The predicted molar refractivity (Wildman–Crippen MR) is 16.0 cm³/mol. The fourth-order valence-corrected chi connectivity index (χ4v) is 0. The molecule has 0 aliphatic rings. The molecule has 0 heterocycles. The topological polar surface area (TPSA) is 17.1 Å². The number of Topliss-reactive ketones (excluding diaryl/α,β-unsaturated/α-hetero) is 1. The Bertz CT molecular complexity index is 29.9. The van der Waals surface area contributed by atoms with Crippen LogP contribution in [0.25, 0.3) is 0 Å². The number of hydrogen-bond donors (Lipinski definition) is 0. The van der Waals surface area contributed by atoms with Crippen molar-refractivity contribution >= 4 is 5.78 Å². The molecule has 0 aromatic carbocycles. The van der Waals surface area contributed by atoms with E-state index in [0.29, 0.717) is 0 Å². The first-order valence-electron chi connectivity index (χ1n) is 1.06. The SMILES string of the molecule is [CH2-]C(C)=O.[Ru+]. The van der Waals surface area contributed by atoms with E-state index < -0.39 is 0 Å². The smallest absolute Gasteiger partial charge is 0.340 e. The minimum absolute atomic E-state index is 0. The Hall–Kier alpha value is 0.163. The molecule has 0 aliphatic carbocycles. The van der Waals surface area contributed by atoms with Gasteiger partial charge in [-0.3, -0.25) is 0 Å². The van der Waals surface area contributed by atoms with E-state index in [2.05, 4.69) is 6.92 Å². The molecule has 0 fully saturated rings. The zero-order chi connectivity index (χ0) is 3.58. The third-order valence-corrected chi connectivity index (χ3v) is 0. The molecule has 31 valence electrons. The summed E-state index contributed by atoms with van der Waals surface area (Å²) in [7, 11) is 0. The molecule has 0 amide bonds. The van der Waals surface area contributed by atoms with Crippen LogP contribution in [0.3, 0.4) is 0 Å². The molecule has 1 radical (unpaired) electrons. The van der Waals surface area contributed by atoms with Crippen molar-refractivity contribution in [2.45, 2.75) is 6.92 Å². The van der Waals surface area contributed by atoms with Gasteiger partial charge in [-0.25, -0.2) is 0 Å². The molecule has 0 aromatic rings. The average molecular weight is 158 g/mol. The fraction of sp³-hybridized carbons (Fsp3) is 0.333. The van der Waals surface area contributed by atoms with Crippen LogP contribution in [0.5, 0.6) is 0 Å². The van der Waals surface area contributed by atoms with Gasteiger partial charge >= 0.3 is 19.5 Å². The Morgan fingerprint density at radius 3 is 1.80 bits per heavy atom. The molecule has 5 heavy (non-hydrogen) atoms. The first-order valence-corrected chi connectivity index (χ1v) is 1.06. The van der Waals surface area contributed by atoms with Gasteiger partial charge in [0.25, 0.3) is 0 Å². The van der Waals surface area contributed by atoms with Gasteiger partial charge < -0.3 is 11.7 Å². The van der Waals surface area contributed by atoms with Crippen LogP contribution in [0.15, 0.2) is 0 Å². The van der Waals surface area contributed by atoms with E-state index in [1.165, 1.54) is 6.92 Å². The van der Waals surface area contributed by atoms with Gasteiger partial charge in [-0.15, -0.1) is 0 Å². The van der Waals surface area contributed by atoms with Crippen LogP contribution < -0.4 is 0 Å². The summed E-state index contributed by atoms with van der Waals surface area (Å²) < 4.78 is 0. The van der Waals surface area contributed by atoms with Crippen LogP contribution in [0, 0.1) is 6.92 Å². The van der Waals surface area contributed by atoms with E-state index in [-0.39, 0.29) is 25.3 Å². The third kappa shape index (κ3) is 730. The Labute approximate surface area is 44.5 Å². The third-order valence-electron chi connectivity index (χ3n) is 0. The second-order valence-corrected chi connectivity index (χ2v) is 0.702. The van der Waals surface area contributed by atoms with E-state index in [1.54, 1.807) is 0 Å². The van der Waals surface area contributed by atoms with Crippen molar-refractivity contribution in [3.8, 4) is 0 Å². The minimum atomic E-state index is -0.0833. The summed E-state index contributed by atoms with van der Waals surface area (Å²) in [5.41, 5.74) is 0. The quantitative estimate of drug-likeness (QED) is 0.368. The van der Waals surface area contributed by atoms with Gasteiger partial charge in [0.15, 0.2) is 0 Å². The van der Waals surface area contributed by atoms with Gasteiger partial charge in [0.1, 0.15) is 0 Å². The molecule has 0 aromatic heterocycles. The second kappa shape index (κ2) is 4.16. The summed E-state index contributed by atoms with van der Waals surface area (Å²) in [6, 6.07) is 0. The van der Waals surface area contributed by atoms with Crippen LogP contribution in [0.2, 0.25) is 0 Å². The second-order valence-electron chi connectivity index (χ2n) is 0.702. The Balaban J connectivity index is 0. The van der Waals surface area contributed by atoms with E-state index in [1.807, 2.05) is 0 Å². The molecule has 0 N–H and O–H groups in total. The van der Waals surface area contributed by atoms with E-state index >= 15 is 0 Å². The van der Waals surface area contributed by atoms with Crippen LogP contribution in [0.1, 0.15) is 6.92 Å². The van der Waals surface area contributed by atoms with Gasteiger partial charge in [0, 0.05) is 0 Å². The maximum absolute atomic E-state index is 9.33. The van der Waals surface area contributed by atoms with E-state index in [0.717, 1.165) is 0 Å². The van der Waals surface area contributed by atoms with Gasteiger partial charge in [0.2, 0.25) is 0 Å². The van der Waals surface area contributed by atoms with E-state index in [9.17, 15) is 4.79 Å². The summed E-state index contributed by atoms with van der Waals surface area (Å²) in [5, 5.41) is 0. The molecule has 2 heteroatoms. The molecule has 1 nitrogen and oxygen atoms in total. The van der Waals surface area contributed by atoms with Crippen molar-refractivity contribution in [1.29, 1.82) is 0 Å². The van der Waals surface area contributed by atoms with E-state index in [4.69, 9.17) is 0 Å². The molecule has 0 unspecified atom stereocenters. The summed E-state index contributed by atoms with van der Waals surface area (Å²) in [5.74, 6) is -0.0833. The molecule has 0 saturated heterocycles. The summed E-state index contributed by atoms with van der Waals surface area (Å²) in [6.07, 6.45) is 0. The van der Waals surface area contributed by atoms with Gasteiger partial charge in [0.05, 0.1) is 0 Å². The van der Waals surface area contributed by atoms with Crippen molar-refractivity contribution in [3.63, 3.8) is 0 Å². The van der Waals surface area contributed by atoms with Crippen molar-refractivity contribution in [2.24, 2.45) is 0 Å². The van der Waals surface area contributed by atoms with Crippen LogP contribution >= 0.6 is 0 Å². The normalized spacial score (nSPS) is 5.00. The first kappa shape index (κ1) is 8.94. The summed E-state index contributed by atoms with van der Waals surface area (Å²) >= 11 is 0. The molecular weight excluding hydrogens is 153 g/mol. The zero-order valence-corrected chi connectivity index (χ0v) is 4.71. The standard InChI is InChI=1S/C3H5O.Ru/c1-3(2)4;/h1H2,2H3;/q-1;+1. The molecular formula is C3H5ORu. The number of carbonyl (C=O) groups excluding carboxylic acids is 1. The van der Waals surface area contributed by atoms with Crippen molar-refractivity contribution in [3.05, 3.63) is 6.92 Å². The largest absolute Gasteiger partial charge is 1.00 e. The first-order chi connectivity index (χ1) is 1.73. The van der Waals surface area contributed by atoms with Crippen LogP contribution in [-0.4, -0.2) is 5.78 Å². The van der Waals surface area contributed by atoms with Crippen molar-refractivity contribution in [2.75, 3.05) is 0 Å². The number of rotatable bonds is 0. The monoisotopic (exact) mass is 159 g/mol.